The molecule has 0 heterocycles. The maximum Gasteiger partial charge on any atom is 0.126 e. The summed E-state index contributed by atoms with van der Waals surface area (Å²) < 4.78 is 5.36. The van der Waals surface area contributed by atoms with Crippen LogP contribution >= 0.6 is 0 Å². The van der Waals surface area contributed by atoms with Crippen LogP contribution in [0.3, 0.4) is 0 Å². The topological polar surface area (TPSA) is 9.23 Å². The van der Waals surface area contributed by atoms with Crippen molar-refractivity contribution in [2.45, 2.75) is 19.3 Å². The smallest absolute Gasteiger partial charge is 0.126 e. The van der Waals surface area contributed by atoms with Gasteiger partial charge in [0.05, 0.1) is 7.11 Å². The molecule has 1 heteroatoms. The fourth-order valence-corrected chi connectivity index (χ4v) is 2.06. The molecule has 1 aliphatic rings. The van der Waals surface area contributed by atoms with Gasteiger partial charge in [0, 0.05) is 5.56 Å². The molecule has 1 aromatic carbocycles. The van der Waals surface area contributed by atoms with E-state index in [-0.39, 0.29) is 0 Å². The molecule has 0 bridgehead atoms. The van der Waals surface area contributed by atoms with Gasteiger partial charge in [-0.25, -0.2) is 0 Å². The van der Waals surface area contributed by atoms with Crippen molar-refractivity contribution in [1.82, 2.24) is 0 Å². The van der Waals surface area contributed by atoms with E-state index in [0.717, 1.165) is 17.7 Å². The molecule has 0 fully saturated rings. The summed E-state index contributed by atoms with van der Waals surface area (Å²) >= 11 is 0. The van der Waals surface area contributed by atoms with Gasteiger partial charge in [0.2, 0.25) is 0 Å². The lowest BCUT2D eigenvalue weighted by Crippen LogP contribution is -2.01. The van der Waals surface area contributed by atoms with E-state index >= 15 is 0 Å². The van der Waals surface area contributed by atoms with E-state index in [9.17, 15) is 0 Å². The summed E-state index contributed by atoms with van der Waals surface area (Å²) in [4.78, 5) is 0. The second kappa shape index (κ2) is 3.93. The van der Waals surface area contributed by atoms with Crippen LogP contribution in [0.25, 0.3) is 12.2 Å². The minimum absolute atomic E-state index is 0.581. The predicted molar refractivity (Wildman–Crippen MR) is 65.2 cm³/mol. The quantitative estimate of drug-likeness (QED) is 0.704. The first-order valence-corrected chi connectivity index (χ1v) is 5.27. The fourth-order valence-electron chi connectivity index (χ4n) is 2.06. The number of hydrogen-bond acceptors (Lipinski definition) is 1. The zero-order valence-corrected chi connectivity index (χ0v) is 9.29. The Labute approximate surface area is 91.1 Å². The van der Waals surface area contributed by atoms with Crippen molar-refractivity contribution in [1.29, 1.82) is 0 Å². The Kier molecular flexibility index (Phi) is 2.63. The minimum atomic E-state index is 0.581. The van der Waals surface area contributed by atoms with E-state index in [4.69, 9.17) is 4.74 Å². The van der Waals surface area contributed by atoms with E-state index in [1.807, 2.05) is 6.08 Å². The number of fused-ring (bicyclic) bond motifs is 1. The van der Waals surface area contributed by atoms with E-state index < -0.39 is 0 Å². The normalized spacial score (nSPS) is 18.4. The first kappa shape index (κ1) is 10.0. The summed E-state index contributed by atoms with van der Waals surface area (Å²) in [6.45, 7) is 6.05. The van der Waals surface area contributed by atoms with Gasteiger partial charge in [0.15, 0.2) is 0 Å². The zero-order chi connectivity index (χ0) is 10.8. The first-order valence-electron chi connectivity index (χ1n) is 5.27. The Bertz CT molecular complexity index is 416. The van der Waals surface area contributed by atoms with Crippen molar-refractivity contribution >= 4 is 12.2 Å². The van der Waals surface area contributed by atoms with E-state index in [1.165, 1.54) is 11.1 Å². The van der Waals surface area contributed by atoms with Crippen LogP contribution in [0.2, 0.25) is 0 Å². The molecule has 0 aromatic heterocycles. The Morgan fingerprint density at radius 1 is 1.47 bits per heavy atom. The maximum atomic E-state index is 5.36. The Morgan fingerprint density at radius 2 is 2.27 bits per heavy atom. The highest BCUT2D eigenvalue weighted by Gasteiger charge is 2.15. The average molecular weight is 200 g/mol. The third kappa shape index (κ3) is 1.70. The van der Waals surface area contributed by atoms with Gasteiger partial charge in [-0.15, -0.1) is 0 Å². The summed E-state index contributed by atoms with van der Waals surface area (Å²) in [6, 6.07) is 4.29. The molecule has 1 aliphatic carbocycles. The van der Waals surface area contributed by atoms with E-state index in [1.54, 1.807) is 7.11 Å². The van der Waals surface area contributed by atoms with Gasteiger partial charge < -0.3 is 4.74 Å². The van der Waals surface area contributed by atoms with Crippen molar-refractivity contribution in [2.24, 2.45) is 0 Å². The van der Waals surface area contributed by atoms with Crippen molar-refractivity contribution in [2.75, 3.05) is 7.11 Å². The molecule has 0 N–H and O–H groups in total. The highest BCUT2D eigenvalue weighted by molar-refractivity contribution is 5.67. The van der Waals surface area contributed by atoms with Gasteiger partial charge in [-0.05, 0) is 35.6 Å². The van der Waals surface area contributed by atoms with Crippen LogP contribution in [0, 0.1) is 0 Å². The predicted octanol–water partition coefficient (Wildman–Crippen LogP) is 3.86. The van der Waals surface area contributed by atoms with Crippen LogP contribution in [0.4, 0.5) is 0 Å². The van der Waals surface area contributed by atoms with Gasteiger partial charge in [-0.1, -0.05) is 31.7 Å². The summed E-state index contributed by atoms with van der Waals surface area (Å²) in [7, 11) is 1.71. The average Bonchev–Trinajstić information content (AvgIpc) is 2.28. The molecular weight excluding hydrogens is 184 g/mol. The standard InChI is InChI=1S/C14H16O/c1-4-11-8-12-7-5-6-10(2)13(12)9-14(11)15-3/h4-5,7-10H,1,6H2,2-3H3. The monoisotopic (exact) mass is 200 g/mol. The second-order valence-corrected chi connectivity index (χ2v) is 3.97. The van der Waals surface area contributed by atoms with Crippen LogP contribution in [0.1, 0.15) is 36.0 Å². The van der Waals surface area contributed by atoms with Crippen molar-refractivity contribution < 1.29 is 4.74 Å². The third-order valence-electron chi connectivity index (χ3n) is 2.97. The minimum Gasteiger partial charge on any atom is -0.496 e. The van der Waals surface area contributed by atoms with Crippen molar-refractivity contribution in [3.8, 4) is 5.75 Å². The molecule has 0 spiro atoms. The van der Waals surface area contributed by atoms with Gasteiger partial charge in [-0.3, -0.25) is 0 Å². The Morgan fingerprint density at radius 3 is 2.93 bits per heavy atom. The largest absolute Gasteiger partial charge is 0.496 e. The number of rotatable bonds is 2. The number of allylic oxidation sites excluding steroid dienone is 1. The fraction of sp³-hybridized carbons (Fsp3) is 0.286. The van der Waals surface area contributed by atoms with E-state index in [2.05, 4.69) is 37.8 Å². The van der Waals surface area contributed by atoms with Crippen LogP contribution in [-0.4, -0.2) is 7.11 Å². The molecule has 2 rings (SSSR count). The van der Waals surface area contributed by atoms with Gasteiger partial charge in [-0.2, -0.15) is 0 Å². The van der Waals surface area contributed by atoms with Gasteiger partial charge in [0.1, 0.15) is 5.75 Å². The lowest BCUT2D eigenvalue weighted by atomic mass is 9.87. The van der Waals surface area contributed by atoms with E-state index in [0.29, 0.717) is 5.92 Å². The lowest BCUT2D eigenvalue weighted by Gasteiger charge is -2.19. The molecule has 1 atom stereocenters. The molecule has 0 radical (unpaired) electrons. The van der Waals surface area contributed by atoms with Crippen LogP contribution in [-0.2, 0) is 0 Å². The number of benzene rings is 1. The first-order chi connectivity index (χ1) is 7.26. The highest BCUT2D eigenvalue weighted by Crippen LogP contribution is 2.34. The number of methoxy groups -OCH3 is 1. The van der Waals surface area contributed by atoms with Crippen molar-refractivity contribution in [3.05, 3.63) is 41.5 Å². The molecule has 1 aromatic rings. The van der Waals surface area contributed by atoms with Gasteiger partial charge in [0.25, 0.3) is 0 Å². The van der Waals surface area contributed by atoms with Crippen molar-refractivity contribution in [3.63, 3.8) is 0 Å². The summed E-state index contributed by atoms with van der Waals surface area (Å²) in [5, 5.41) is 0. The number of ether oxygens (including phenoxy) is 1. The molecule has 1 nitrogen and oxygen atoms in total. The number of hydrogen-bond donors (Lipinski definition) is 0. The molecule has 78 valence electrons. The van der Waals surface area contributed by atoms with Gasteiger partial charge >= 0.3 is 0 Å². The molecule has 0 amide bonds. The molecular formula is C14H16O. The molecule has 0 saturated heterocycles. The lowest BCUT2D eigenvalue weighted by molar-refractivity contribution is 0.413. The molecule has 0 saturated carbocycles. The summed E-state index contributed by atoms with van der Waals surface area (Å²) in [5.74, 6) is 1.50. The highest BCUT2D eigenvalue weighted by atomic mass is 16.5. The Balaban J connectivity index is 2.59. The SMILES string of the molecule is C=Cc1cc2c(cc1OC)C(C)CC=C2. The summed E-state index contributed by atoms with van der Waals surface area (Å²) in [5.41, 5.74) is 3.74. The van der Waals surface area contributed by atoms with Crippen LogP contribution in [0.15, 0.2) is 24.8 Å². The zero-order valence-electron chi connectivity index (χ0n) is 9.29. The van der Waals surface area contributed by atoms with Crippen LogP contribution in [0.5, 0.6) is 5.75 Å². The molecule has 0 aliphatic heterocycles. The third-order valence-corrected chi connectivity index (χ3v) is 2.97. The molecule has 15 heavy (non-hydrogen) atoms. The summed E-state index contributed by atoms with van der Waals surface area (Å²) in [6.07, 6.45) is 7.37. The molecule has 1 unspecified atom stereocenters. The second-order valence-electron chi connectivity index (χ2n) is 3.97. The Hall–Kier alpha value is -1.50. The van der Waals surface area contributed by atoms with Crippen LogP contribution < -0.4 is 4.74 Å². The maximum absolute atomic E-state index is 5.36.